The van der Waals surface area contributed by atoms with Crippen molar-refractivity contribution in [1.29, 1.82) is 0 Å². The lowest BCUT2D eigenvalue weighted by Gasteiger charge is -2.15. The minimum atomic E-state index is -0.880. The molecule has 0 saturated heterocycles. The summed E-state index contributed by atoms with van der Waals surface area (Å²) in [5, 5.41) is 8.85. The van der Waals surface area contributed by atoms with Crippen molar-refractivity contribution >= 4 is 5.97 Å². The van der Waals surface area contributed by atoms with Crippen molar-refractivity contribution in [3.8, 4) is 0 Å². The fraction of sp³-hybridized carbons (Fsp3) is 0.562. The number of aromatic carboxylic acids is 1. The second-order valence-corrected chi connectivity index (χ2v) is 4.91. The maximum Gasteiger partial charge on any atom is 0.335 e. The molecule has 1 unspecified atom stereocenters. The highest BCUT2D eigenvalue weighted by atomic mass is 16.5. The summed E-state index contributed by atoms with van der Waals surface area (Å²) in [6.07, 6.45) is 7.12. The van der Waals surface area contributed by atoms with E-state index in [-0.39, 0.29) is 6.10 Å². The van der Waals surface area contributed by atoms with Crippen molar-refractivity contribution in [3.63, 3.8) is 0 Å². The fourth-order valence-electron chi connectivity index (χ4n) is 2.15. The molecule has 0 aliphatic rings. The van der Waals surface area contributed by atoms with Crippen LogP contribution in [-0.2, 0) is 11.2 Å². The molecule has 0 fully saturated rings. The monoisotopic (exact) mass is 264 g/mol. The zero-order chi connectivity index (χ0) is 14.1. The Morgan fingerprint density at radius 1 is 1.21 bits per heavy atom. The summed E-state index contributed by atoms with van der Waals surface area (Å²) in [6.45, 7) is 2.21. The summed E-state index contributed by atoms with van der Waals surface area (Å²) in [5.41, 5.74) is 1.47. The number of ether oxygens (including phenoxy) is 1. The van der Waals surface area contributed by atoms with Gasteiger partial charge in [0.25, 0.3) is 0 Å². The smallest absolute Gasteiger partial charge is 0.335 e. The normalized spacial score (nSPS) is 12.3. The van der Waals surface area contributed by atoms with Crippen LogP contribution in [0.15, 0.2) is 24.3 Å². The van der Waals surface area contributed by atoms with Crippen molar-refractivity contribution < 1.29 is 14.6 Å². The van der Waals surface area contributed by atoms with Crippen LogP contribution in [0.1, 0.15) is 54.9 Å². The van der Waals surface area contributed by atoms with Gasteiger partial charge in [-0.25, -0.2) is 4.79 Å². The molecule has 0 radical (unpaired) electrons. The molecule has 1 N–H and O–H groups in total. The third-order valence-electron chi connectivity index (χ3n) is 3.38. The van der Waals surface area contributed by atoms with Gasteiger partial charge in [0.15, 0.2) is 0 Å². The van der Waals surface area contributed by atoms with E-state index in [1.54, 1.807) is 19.2 Å². The Bertz CT molecular complexity index is 370. The van der Waals surface area contributed by atoms with Gasteiger partial charge in [0.2, 0.25) is 0 Å². The van der Waals surface area contributed by atoms with E-state index in [0.29, 0.717) is 5.56 Å². The molecule has 0 spiro atoms. The average molecular weight is 264 g/mol. The van der Waals surface area contributed by atoms with E-state index >= 15 is 0 Å². The molecule has 0 aliphatic carbocycles. The van der Waals surface area contributed by atoms with Gasteiger partial charge in [-0.2, -0.15) is 0 Å². The average Bonchev–Trinajstić information content (AvgIpc) is 2.42. The third kappa shape index (κ3) is 5.88. The van der Waals surface area contributed by atoms with Crippen LogP contribution in [0.5, 0.6) is 0 Å². The van der Waals surface area contributed by atoms with Crippen LogP contribution in [0.4, 0.5) is 0 Å². The van der Waals surface area contributed by atoms with Gasteiger partial charge in [0, 0.05) is 7.11 Å². The summed E-state index contributed by atoms with van der Waals surface area (Å²) in [4.78, 5) is 10.8. The van der Waals surface area contributed by atoms with Crippen molar-refractivity contribution in [1.82, 2.24) is 0 Å². The molecule has 0 aromatic heterocycles. The molecular weight excluding hydrogens is 240 g/mol. The van der Waals surface area contributed by atoms with Gasteiger partial charge in [-0.15, -0.1) is 0 Å². The Morgan fingerprint density at radius 2 is 1.89 bits per heavy atom. The molecule has 1 rings (SSSR count). The highest BCUT2D eigenvalue weighted by molar-refractivity contribution is 5.87. The van der Waals surface area contributed by atoms with Crippen LogP contribution in [0.3, 0.4) is 0 Å². The molecule has 1 aromatic rings. The number of hydrogen-bond donors (Lipinski definition) is 1. The van der Waals surface area contributed by atoms with Crippen molar-refractivity contribution in [2.45, 2.75) is 51.6 Å². The molecule has 3 heteroatoms. The molecule has 0 bridgehead atoms. The topological polar surface area (TPSA) is 46.5 Å². The van der Waals surface area contributed by atoms with Gasteiger partial charge in [-0.1, -0.05) is 44.7 Å². The molecule has 1 atom stereocenters. The Labute approximate surface area is 115 Å². The molecule has 0 amide bonds. The van der Waals surface area contributed by atoms with Gasteiger partial charge in [0.1, 0.15) is 0 Å². The molecule has 3 nitrogen and oxygen atoms in total. The van der Waals surface area contributed by atoms with Crippen molar-refractivity contribution in [3.05, 3.63) is 35.4 Å². The maximum atomic E-state index is 10.8. The van der Waals surface area contributed by atoms with Crippen LogP contribution in [-0.4, -0.2) is 24.3 Å². The third-order valence-corrected chi connectivity index (χ3v) is 3.38. The van der Waals surface area contributed by atoms with Crippen LogP contribution < -0.4 is 0 Å². The van der Waals surface area contributed by atoms with E-state index < -0.39 is 5.97 Å². The van der Waals surface area contributed by atoms with E-state index in [4.69, 9.17) is 9.84 Å². The number of carboxylic acids is 1. The SMILES string of the molecule is CCCCCCC(Cc1ccc(C(=O)O)cc1)OC. The van der Waals surface area contributed by atoms with Crippen LogP contribution >= 0.6 is 0 Å². The molecule has 0 saturated carbocycles. The molecule has 0 aliphatic heterocycles. The van der Waals surface area contributed by atoms with Crippen LogP contribution in [0.25, 0.3) is 0 Å². The Morgan fingerprint density at radius 3 is 2.42 bits per heavy atom. The lowest BCUT2D eigenvalue weighted by molar-refractivity contribution is 0.0697. The number of rotatable bonds is 9. The minimum absolute atomic E-state index is 0.229. The van der Waals surface area contributed by atoms with Crippen LogP contribution in [0.2, 0.25) is 0 Å². The number of carboxylic acid groups (broad SMARTS) is 1. The standard InChI is InChI=1S/C16H24O3/c1-3-4-5-6-7-15(19-2)12-13-8-10-14(11-9-13)16(17)18/h8-11,15H,3-7,12H2,1-2H3,(H,17,18). The van der Waals surface area contributed by atoms with Gasteiger partial charge in [0.05, 0.1) is 11.7 Å². The summed E-state index contributed by atoms with van der Waals surface area (Å²) >= 11 is 0. The molecule has 1 aromatic carbocycles. The second kappa shape index (κ2) is 8.70. The van der Waals surface area contributed by atoms with Gasteiger partial charge < -0.3 is 9.84 Å². The Kier molecular flexibility index (Phi) is 7.19. The highest BCUT2D eigenvalue weighted by Gasteiger charge is 2.09. The number of benzene rings is 1. The number of hydrogen-bond acceptors (Lipinski definition) is 2. The Balaban J connectivity index is 2.44. The first-order valence-electron chi connectivity index (χ1n) is 7.02. The van der Waals surface area contributed by atoms with E-state index in [1.165, 1.54) is 25.7 Å². The van der Waals surface area contributed by atoms with E-state index in [0.717, 1.165) is 18.4 Å². The first kappa shape index (κ1) is 15.7. The largest absolute Gasteiger partial charge is 0.478 e. The molecular formula is C16H24O3. The number of methoxy groups -OCH3 is 1. The first-order chi connectivity index (χ1) is 9.17. The predicted octanol–water partition coefficient (Wildman–Crippen LogP) is 3.91. The quantitative estimate of drug-likeness (QED) is 0.688. The summed E-state index contributed by atoms with van der Waals surface area (Å²) in [7, 11) is 1.75. The summed E-state index contributed by atoms with van der Waals surface area (Å²) < 4.78 is 5.50. The summed E-state index contributed by atoms with van der Waals surface area (Å²) in [6, 6.07) is 7.06. The zero-order valence-corrected chi connectivity index (χ0v) is 11.9. The molecule has 0 heterocycles. The van der Waals surface area contributed by atoms with Crippen molar-refractivity contribution in [2.24, 2.45) is 0 Å². The van der Waals surface area contributed by atoms with E-state index in [2.05, 4.69) is 6.92 Å². The van der Waals surface area contributed by atoms with Gasteiger partial charge >= 0.3 is 5.97 Å². The second-order valence-electron chi connectivity index (χ2n) is 4.91. The highest BCUT2D eigenvalue weighted by Crippen LogP contribution is 2.14. The van der Waals surface area contributed by atoms with E-state index in [9.17, 15) is 4.79 Å². The first-order valence-corrected chi connectivity index (χ1v) is 7.02. The fourth-order valence-corrected chi connectivity index (χ4v) is 2.15. The maximum absolute atomic E-state index is 10.8. The van der Waals surface area contributed by atoms with Gasteiger partial charge in [-0.05, 0) is 30.5 Å². The summed E-state index contributed by atoms with van der Waals surface area (Å²) in [5.74, 6) is -0.880. The lowest BCUT2D eigenvalue weighted by atomic mass is 10.0. The predicted molar refractivity (Wildman–Crippen MR) is 76.7 cm³/mol. The van der Waals surface area contributed by atoms with Crippen molar-refractivity contribution in [2.75, 3.05) is 7.11 Å². The van der Waals surface area contributed by atoms with Gasteiger partial charge in [-0.3, -0.25) is 0 Å². The van der Waals surface area contributed by atoms with E-state index in [1.807, 2.05) is 12.1 Å². The Hall–Kier alpha value is -1.35. The van der Waals surface area contributed by atoms with Crippen LogP contribution in [0, 0.1) is 0 Å². The molecule has 19 heavy (non-hydrogen) atoms. The number of carbonyl (C=O) groups is 1. The molecule has 106 valence electrons. The zero-order valence-electron chi connectivity index (χ0n) is 11.9. The minimum Gasteiger partial charge on any atom is -0.478 e. The lowest BCUT2D eigenvalue weighted by Crippen LogP contribution is -2.14. The number of unbranched alkanes of at least 4 members (excludes halogenated alkanes) is 3.